The smallest absolute Gasteiger partial charge is 0.298 e. The number of benzene rings is 1. The summed E-state index contributed by atoms with van der Waals surface area (Å²) in [5, 5.41) is 0. The van der Waals surface area contributed by atoms with Gasteiger partial charge >= 0.3 is 0 Å². The van der Waals surface area contributed by atoms with E-state index in [1.807, 2.05) is 35.2 Å². The van der Waals surface area contributed by atoms with E-state index in [0.717, 1.165) is 16.9 Å². The van der Waals surface area contributed by atoms with Gasteiger partial charge in [0.25, 0.3) is 11.8 Å². The Hall–Kier alpha value is -2.78. The Kier molecular flexibility index (Phi) is 5.82. The molecule has 0 N–H and O–H groups in total. The maximum absolute atomic E-state index is 12.5. The summed E-state index contributed by atoms with van der Waals surface area (Å²) < 4.78 is 10.6. The van der Waals surface area contributed by atoms with E-state index in [4.69, 9.17) is 9.47 Å². The topological polar surface area (TPSA) is 59.1 Å². The number of ether oxygens (including phenoxy) is 2. The van der Waals surface area contributed by atoms with Crippen LogP contribution in [0, 0.1) is 11.8 Å². The summed E-state index contributed by atoms with van der Waals surface area (Å²) in [5.41, 5.74) is 2.18. The van der Waals surface area contributed by atoms with Crippen LogP contribution in [0.5, 0.6) is 5.75 Å². The highest BCUT2D eigenvalue weighted by Gasteiger charge is 2.49. The van der Waals surface area contributed by atoms with Crippen LogP contribution in [-0.2, 0) is 20.9 Å². The molecule has 2 aliphatic heterocycles. The minimum atomic E-state index is -0.452. The third-order valence-corrected chi connectivity index (χ3v) is 5.06. The van der Waals surface area contributed by atoms with E-state index in [0.29, 0.717) is 26.1 Å². The standard InChI is InChI=1S/C21H24N2O4/c1-4-5-18(24)22-12-10-16(11-13-22)19-20(27-3)21(25)23(19)14-15-6-8-17(26-2)9-7-15/h6-10,19-20H,11-14H2,1-3H3/t19-,20+/m0/s1. The maximum atomic E-state index is 12.5. The number of amides is 2. The number of methoxy groups -OCH3 is 2. The van der Waals surface area contributed by atoms with Crippen LogP contribution in [0.1, 0.15) is 18.9 Å². The van der Waals surface area contributed by atoms with Gasteiger partial charge in [0.15, 0.2) is 6.10 Å². The fourth-order valence-electron chi connectivity index (χ4n) is 3.57. The number of nitrogens with zero attached hydrogens (tertiary/aromatic N) is 2. The Morgan fingerprint density at radius 2 is 2.00 bits per heavy atom. The van der Waals surface area contributed by atoms with Crippen molar-refractivity contribution < 1.29 is 19.1 Å². The fraction of sp³-hybridized carbons (Fsp3) is 0.429. The lowest BCUT2D eigenvalue weighted by molar-refractivity contribution is -0.168. The molecule has 6 heteroatoms. The van der Waals surface area contributed by atoms with E-state index in [1.54, 1.807) is 26.0 Å². The quantitative estimate of drug-likeness (QED) is 0.450. The van der Waals surface area contributed by atoms with Crippen molar-refractivity contribution in [2.75, 3.05) is 27.3 Å². The van der Waals surface area contributed by atoms with Crippen LogP contribution >= 0.6 is 0 Å². The van der Waals surface area contributed by atoms with Crippen molar-refractivity contribution in [2.45, 2.75) is 32.0 Å². The van der Waals surface area contributed by atoms with E-state index < -0.39 is 6.10 Å². The molecule has 0 radical (unpaired) electrons. The van der Waals surface area contributed by atoms with E-state index in [1.165, 1.54) is 0 Å². The van der Waals surface area contributed by atoms with Gasteiger partial charge in [-0.25, -0.2) is 0 Å². The number of carbonyl (C=O) groups is 2. The maximum Gasteiger partial charge on any atom is 0.298 e. The number of carbonyl (C=O) groups excluding carboxylic acids is 2. The molecule has 1 aromatic rings. The zero-order valence-corrected chi connectivity index (χ0v) is 15.9. The summed E-state index contributed by atoms with van der Waals surface area (Å²) in [6.45, 7) is 3.30. The van der Waals surface area contributed by atoms with Crippen molar-refractivity contribution >= 4 is 11.8 Å². The lowest BCUT2D eigenvalue weighted by Crippen LogP contribution is -2.66. The molecule has 0 saturated carbocycles. The minimum absolute atomic E-state index is 0.00502. The van der Waals surface area contributed by atoms with Crippen molar-refractivity contribution in [3.8, 4) is 17.6 Å². The highest BCUT2D eigenvalue weighted by atomic mass is 16.5. The highest BCUT2D eigenvalue weighted by Crippen LogP contribution is 2.33. The Labute approximate surface area is 159 Å². The SMILES string of the molecule is CC#CC(=O)N1CC=C([C@H]2[C@@H](OC)C(=O)N2Cc2ccc(OC)cc2)CC1. The molecule has 2 aliphatic rings. The van der Waals surface area contributed by atoms with Crippen LogP contribution in [0.4, 0.5) is 0 Å². The monoisotopic (exact) mass is 368 g/mol. The second-order valence-corrected chi connectivity index (χ2v) is 6.57. The van der Waals surface area contributed by atoms with Crippen molar-refractivity contribution in [2.24, 2.45) is 0 Å². The third-order valence-electron chi connectivity index (χ3n) is 5.06. The first-order valence-electron chi connectivity index (χ1n) is 8.95. The fourth-order valence-corrected chi connectivity index (χ4v) is 3.57. The van der Waals surface area contributed by atoms with Crippen molar-refractivity contribution in [3.05, 3.63) is 41.5 Å². The van der Waals surface area contributed by atoms with Crippen molar-refractivity contribution in [3.63, 3.8) is 0 Å². The van der Waals surface area contributed by atoms with Crippen LogP contribution in [0.15, 0.2) is 35.9 Å². The van der Waals surface area contributed by atoms with Crippen LogP contribution in [0.3, 0.4) is 0 Å². The third kappa shape index (κ3) is 3.83. The Bertz CT molecular complexity index is 804. The molecule has 2 atom stereocenters. The number of hydrogen-bond acceptors (Lipinski definition) is 4. The van der Waals surface area contributed by atoms with Crippen LogP contribution in [0.25, 0.3) is 0 Å². The van der Waals surface area contributed by atoms with Crippen molar-refractivity contribution in [1.29, 1.82) is 0 Å². The van der Waals surface area contributed by atoms with Crippen molar-refractivity contribution in [1.82, 2.24) is 9.80 Å². The summed E-state index contributed by atoms with van der Waals surface area (Å²) in [4.78, 5) is 28.0. The number of hydrogen-bond donors (Lipinski definition) is 0. The van der Waals surface area contributed by atoms with E-state index in [9.17, 15) is 9.59 Å². The van der Waals surface area contributed by atoms with Gasteiger partial charge in [0.05, 0.1) is 13.2 Å². The predicted molar refractivity (Wildman–Crippen MR) is 101 cm³/mol. The van der Waals surface area contributed by atoms with Crippen LogP contribution in [0.2, 0.25) is 0 Å². The molecule has 142 valence electrons. The number of likely N-dealkylation sites (tertiary alicyclic amines) is 1. The van der Waals surface area contributed by atoms with Gasteiger partial charge in [-0.3, -0.25) is 9.59 Å². The van der Waals surface area contributed by atoms with Gasteiger partial charge in [-0.05, 0) is 42.5 Å². The lowest BCUT2D eigenvalue weighted by Gasteiger charge is -2.48. The largest absolute Gasteiger partial charge is 0.497 e. The van der Waals surface area contributed by atoms with Gasteiger partial charge in [0.2, 0.25) is 0 Å². The van der Waals surface area contributed by atoms with Gasteiger partial charge in [-0.15, -0.1) is 0 Å². The average molecular weight is 368 g/mol. The molecule has 3 rings (SSSR count). The summed E-state index contributed by atoms with van der Waals surface area (Å²) >= 11 is 0. The molecular weight excluding hydrogens is 344 g/mol. The number of β-lactam (4-membered cyclic amide) rings is 1. The summed E-state index contributed by atoms with van der Waals surface area (Å²) in [6.07, 6.45) is 2.30. The van der Waals surface area contributed by atoms with E-state index >= 15 is 0 Å². The molecule has 0 aliphatic carbocycles. The molecule has 6 nitrogen and oxygen atoms in total. The molecule has 0 spiro atoms. The molecule has 0 bridgehead atoms. The molecule has 1 saturated heterocycles. The second-order valence-electron chi connectivity index (χ2n) is 6.57. The molecule has 1 aromatic carbocycles. The molecular formula is C21H24N2O4. The second kappa shape index (κ2) is 8.28. The summed E-state index contributed by atoms with van der Waals surface area (Å²) in [6, 6.07) is 7.62. The Balaban J connectivity index is 1.72. The van der Waals surface area contributed by atoms with E-state index in [-0.39, 0.29) is 17.9 Å². The Morgan fingerprint density at radius 1 is 1.26 bits per heavy atom. The van der Waals surface area contributed by atoms with E-state index in [2.05, 4.69) is 11.8 Å². The zero-order chi connectivity index (χ0) is 19.4. The van der Waals surface area contributed by atoms with Crippen LogP contribution in [-0.4, -0.2) is 61.1 Å². The average Bonchev–Trinajstić information content (AvgIpc) is 2.70. The van der Waals surface area contributed by atoms with Crippen LogP contribution < -0.4 is 4.74 Å². The first kappa shape index (κ1) is 19.0. The van der Waals surface area contributed by atoms with Gasteiger partial charge < -0.3 is 19.3 Å². The molecule has 1 fully saturated rings. The van der Waals surface area contributed by atoms with Gasteiger partial charge in [0.1, 0.15) is 5.75 Å². The predicted octanol–water partition coefficient (Wildman–Crippen LogP) is 1.60. The normalized spacial score (nSPS) is 21.7. The minimum Gasteiger partial charge on any atom is -0.497 e. The summed E-state index contributed by atoms with van der Waals surface area (Å²) in [5.74, 6) is 5.84. The molecule has 2 amide bonds. The Morgan fingerprint density at radius 3 is 2.56 bits per heavy atom. The summed E-state index contributed by atoms with van der Waals surface area (Å²) in [7, 11) is 3.19. The highest BCUT2D eigenvalue weighted by molar-refractivity contribution is 5.94. The molecule has 27 heavy (non-hydrogen) atoms. The first-order valence-corrected chi connectivity index (χ1v) is 8.95. The van der Waals surface area contributed by atoms with Gasteiger partial charge in [-0.1, -0.05) is 24.1 Å². The molecule has 0 unspecified atom stereocenters. The molecule has 0 aromatic heterocycles. The molecule has 2 heterocycles. The van der Waals surface area contributed by atoms with Gasteiger partial charge in [0, 0.05) is 26.7 Å². The van der Waals surface area contributed by atoms with Gasteiger partial charge in [-0.2, -0.15) is 0 Å². The first-order chi connectivity index (χ1) is 13.1. The number of rotatable bonds is 5. The lowest BCUT2D eigenvalue weighted by atomic mass is 9.86. The zero-order valence-electron chi connectivity index (χ0n) is 15.9.